The Labute approximate surface area is 137 Å². The maximum atomic E-state index is 12.0. The molecule has 6 nitrogen and oxygen atoms in total. The van der Waals surface area contributed by atoms with Crippen molar-refractivity contribution >= 4 is 12.2 Å². The molecule has 1 aromatic carbocycles. The van der Waals surface area contributed by atoms with E-state index in [2.05, 4.69) is 0 Å². The van der Waals surface area contributed by atoms with Crippen LogP contribution in [0.1, 0.15) is 26.3 Å². The largest absolute Gasteiger partial charge is 0.445 e. The van der Waals surface area contributed by atoms with Gasteiger partial charge in [0.1, 0.15) is 12.2 Å². The van der Waals surface area contributed by atoms with Gasteiger partial charge in [-0.15, -0.1) is 0 Å². The van der Waals surface area contributed by atoms with Gasteiger partial charge in [0, 0.05) is 26.2 Å². The summed E-state index contributed by atoms with van der Waals surface area (Å²) < 4.78 is 10.6. The van der Waals surface area contributed by atoms with E-state index in [4.69, 9.17) is 9.47 Å². The monoisotopic (exact) mass is 320 g/mol. The second kappa shape index (κ2) is 7.35. The molecule has 2 amide bonds. The van der Waals surface area contributed by atoms with Crippen molar-refractivity contribution in [3.63, 3.8) is 0 Å². The quantitative estimate of drug-likeness (QED) is 0.841. The molecule has 1 saturated heterocycles. The standard InChI is InChI=1S/C17H24N2O4/c1-17(2,3)23-16(21)19-11-9-18(10-12-19)15(20)22-13-14-7-5-4-6-8-14/h4-8H,9-13H2,1-3H3. The third kappa shape index (κ3) is 5.47. The Kier molecular flexibility index (Phi) is 5.47. The molecule has 1 aromatic rings. The van der Waals surface area contributed by atoms with Crippen LogP contribution in [0, 0.1) is 0 Å². The van der Waals surface area contributed by atoms with Crippen molar-refractivity contribution in [1.82, 2.24) is 9.80 Å². The number of nitrogens with zero attached hydrogens (tertiary/aromatic N) is 2. The molecule has 0 spiro atoms. The Hall–Kier alpha value is -2.24. The Morgan fingerprint density at radius 3 is 2.00 bits per heavy atom. The Morgan fingerprint density at radius 2 is 1.48 bits per heavy atom. The van der Waals surface area contributed by atoms with Gasteiger partial charge >= 0.3 is 12.2 Å². The zero-order chi connectivity index (χ0) is 16.9. The predicted molar refractivity (Wildman–Crippen MR) is 86.0 cm³/mol. The minimum atomic E-state index is -0.511. The molecular weight excluding hydrogens is 296 g/mol. The van der Waals surface area contributed by atoms with E-state index >= 15 is 0 Å². The molecule has 23 heavy (non-hydrogen) atoms. The fourth-order valence-electron chi connectivity index (χ4n) is 2.21. The van der Waals surface area contributed by atoms with Gasteiger partial charge in [-0.2, -0.15) is 0 Å². The van der Waals surface area contributed by atoms with Crippen LogP contribution in [0.4, 0.5) is 9.59 Å². The summed E-state index contributed by atoms with van der Waals surface area (Å²) >= 11 is 0. The molecule has 1 fully saturated rings. The number of hydrogen-bond acceptors (Lipinski definition) is 4. The lowest BCUT2D eigenvalue weighted by atomic mass is 10.2. The van der Waals surface area contributed by atoms with Crippen molar-refractivity contribution in [3.05, 3.63) is 35.9 Å². The van der Waals surface area contributed by atoms with Crippen LogP contribution in [0.15, 0.2) is 30.3 Å². The molecule has 126 valence electrons. The first-order valence-electron chi connectivity index (χ1n) is 7.79. The van der Waals surface area contributed by atoms with Gasteiger partial charge in [0.05, 0.1) is 0 Å². The fraction of sp³-hybridized carbons (Fsp3) is 0.529. The van der Waals surface area contributed by atoms with Crippen LogP contribution in [0.25, 0.3) is 0 Å². The summed E-state index contributed by atoms with van der Waals surface area (Å²) in [6, 6.07) is 9.55. The highest BCUT2D eigenvalue weighted by Gasteiger charge is 2.28. The second-order valence-corrected chi connectivity index (χ2v) is 6.49. The highest BCUT2D eigenvalue weighted by molar-refractivity contribution is 5.70. The first kappa shape index (κ1) is 17.1. The van der Waals surface area contributed by atoms with Gasteiger partial charge in [-0.25, -0.2) is 9.59 Å². The number of piperazine rings is 1. The summed E-state index contributed by atoms with van der Waals surface area (Å²) in [5.41, 5.74) is 0.441. The molecule has 0 aliphatic carbocycles. The fourth-order valence-corrected chi connectivity index (χ4v) is 2.21. The first-order chi connectivity index (χ1) is 10.8. The molecule has 0 bridgehead atoms. The van der Waals surface area contributed by atoms with Gasteiger partial charge in [0.25, 0.3) is 0 Å². The van der Waals surface area contributed by atoms with Crippen molar-refractivity contribution < 1.29 is 19.1 Å². The summed E-state index contributed by atoms with van der Waals surface area (Å²) in [7, 11) is 0. The highest BCUT2D eigenvalue weighted by Crippen LogP contribution is 2.12. The number of carbonyl (C=O) groups is 2. The predicted octanol–water partition coefficient (Wildman–Crippen LogP) is 2.88. The number of carbonyl (C=O) groups excluding carboxylic acids is 2. The average molecular weight is 320 g/mol. The number of benzene rings is 1. The summed E-state index contributed by atoms with van der Waals surface area (Å²) in [6.07, 6.45) is -0.688. The van der Waals surface area contributed by atoms with Crippen LogP contribution in [-0.4, -0.2) is 53.8 Å². The number of ether oxygens (including phenoxy) is 2. The molecule has 0 unspecified atom stereocenters. The van der Waals surface area contributed by atoms with Gasteiger partial charge in [-0.05, 0) is 26.3 Å². The molecule has 0 N–H and O–H groups in total. The smallest absolute Gasteiger partial charge is 0.410 e. The lowest BCUT2D eigenvalue weighted by Gasteiger charge is -2.35. The molecule has 6 heteroatoms. The summed E-state index contributed by atoms with van der Waals surface area (Å²) in [5.74, 6) is 0. The zero-order valence-electron chi connectivity index (χ0n) is 13.9. The lowest BCUT2D eigenvalue weighted by molar-refractivity contribution is 0.0125. The highest BCUT2D eigenvalue weighted by atomic mass is 16.6. The van der Waals surface area contributed by atoms with E-state index in [1.165, 1.54) is 0 Å². The second-order valence-electron chi connectivity index (χ2n) is 6.49. The number of hydrogen-bond donors (Lipinski definition) is 0. The molecule has 0 saturated carbocycles. The SMILES string of the molecule is CC(C)(C)OC(=O)N1CCN(C(=O)OCc2ccccc2)CC1. The normalized spacial score (nSPS) is 15.3. The van der Waals surface area contributed by atoms with Crippen LogP contribution in [0.3, 0.4) is 0 Å². The molecule has 2 rings (SSSR count). The third-order valence-electron chi connectivity index (χ3n) is 3.39. The van der Waals surface area contributed by atoms with Gasteiger partial charge in [-0.3, -0.25) is 0 Å². The van der Waals surface area contributed by atoms with Gasteiger partial charge < -0.3 is 19.3 Å². The van der Waals surface area contributed by atoms with Gasteiger partial charge in [0.15, 0.2) is 0 Å². The van der Waals surface area contributed by atoms with Crippen LogP contribution in [-0.2, 0) is 16.1 Å². The zero-order valence-corrected chi connectivity index (χ0v) is 13.9. The minimum Gasteiger partial charge on any atom is -0.445 e. The van der Waals surface area contributed by atoms with Crippen LogP contribution >= 0.6 is 0 Å². The Morgan fingerprint density at radius 1 is 0.957 bits per heavy atom. The first-order valence-corrected chi connectivity index (χ1v) is 7.79. The van der Waals surface area contributed by atoms with E-state index in [9.17, 15) is 9.59 Å². The third-order valence-corrected chi connectivity index (χ3v) is 3.39. The van der Waals surface area contributed by atoms with Gasteiger partial charge in [0.2, 0.25) is 0 Å². The topological polar surface area (TPSA) is 59.1 Å². The van der Waals surface area contributed by atoms with Gasteiger partial charge in [-0.1, -0.05) is 30.3 Å². The van der Waals surface area contributed by atoms with E-state index < -0.39 is 5.60 Å². The van der Waals surface area contributed by atoms with Crippen molar-refractivity contribution in [2.24, 2.45) is 0 Å². The summed E-state index contributed by atoms with van der Waals surface area (Å²) in [5, 5.41) is 0. The maximum absolute atomic E-state index is 12.0. The maximum Gasteiger partial charge on any atom is 0.410 e. The van der Waals surface area contributed by atoms with Crippen LogP contribution in [0.2, 0.25) is 0 Å². The number of rotatable bonds is 2. The van der Waals surface area contributed by atoms with E-state index in [1.54, 1.807) is 9.80 Å². The molecule has 0 aromatic heterocycles. The van der Waals surface area contributed by atoms with E-state index in [1.807, 2.05) is 51.1 Å². The Bertz CT molecular complexity index is 531. The molecule has 1 aliphatic heterocycles. The summed E-state index contributed by atoms with van der Waals surface area (Å²) in [4.78, 5) is 27.2. The van der Waals surface area contributed by atoms with E-state index in [0.29, 0.717) is 26.2 Å². The molecule has 0 atom stereocenters. The average Bonchev–Trinajstić information content (AvgIpc) is 2.52. The lowest BCUT2D eigenvalue weighted by Crippen LogP contribution is -2.51. The van der Waals surface area contributed by atoms with E-state index in [0.717, 1.165) is 5.56 Å². The molecule has 1 aliphatic rings. The van der Waals surface area contributed by atoms with Crippen LogP contribution in [0.5, 0.6) is 0 Å². The van der Waals surface area contributed by atoms with Crippen LogP contribution < -0.4 is 0 Å². The van der Waals surface area contributed by atoms with Crippen molar-refractivity contribution in [2.75, 3.05) is 26.2 Å². The summed E-state index contributed by atoms with van der Waals surface area (Å²) in [6.45, 7) is 7.57. The van der Waals surface area contributed by atoms with Crippen molar-refractivity contribution in [3.8, 4) is 0 Å². The Balaban J connectivity index is 1.75. The molecule has 1 heterocycles. The molecular formula is C17H24N2O4. The minimum absolute atomic E-state index is 0.256. The van der Waals surface area contributed by atoms with Crippen molar-refractivity contribution in [2.45, 2.75) is 33.0 Å². The van der Waals surface area contributed by atoms with Crippen molar-refractivity contribution in [1.29, 1.82) is 0 Å². The molecule has 0 radical (unpaired) electrons. The number of amides is 2. The van der Waals surface area contributed by atoms with E-state index in [-0.39, 0.29) is 18.8 Å².